The molecular formula is C22H22F2N2O3S. The molecule has 158 valence electrons. The van der Waals surface area contributed by atoms with E-state index in [-0.39, 0.29) is 11.3 Å². The summed E-state index contributed by atoms with van der Waals surface area (Å²) in [6.07, 6.45) is -0.436. The smallest absolute Gasteiger partial charge is 0.276 e. The Morgan fingerprint density at radius 1 is 1.10 bits per heavy atom. The topological polar surface area (TPSA) is 65.2 Å². The van der Waals surface area contributed by atoms with Crippen LogP contribution in [-0.2, 0) is 0 Å². The van der Waals surface area contributed by atoms with E-state index >= 15 is 0 Å². The number of nitrogens with zero attached hydrogens (tertiary/aromatic N) is 2. The fourth-order valence-corrected chi connectivity index (χ4v) is 3.51. The first-order valence-corrected chi connectivity index (χ1v) is 10.4. The first-order valence-electron chi connectivity index (χ1n) is 9.44. The Labute approximate surface area is 177 Å². The monoisotopic (exact) mass is 432 g/mol. The van der Waals surface area contributed by atoms with Gasteiger partial charge in [0, 0.05) is 17.2 Å². The summed E-state index contributed by atoms with van der Waals surface area (Å²) in [4.78, 5) is 12.4. The van der Waals surface area contributed by atoms with Crippen LogP contribution in [0.4, 0.5) is 8.78 Å². The molecule has 0 radical (unpaired) electrons. The summed E-state index contributed by atoms with van der Waals surface area (Å²) in [7, 11) is 0. The predicted molar refractivity (Wildman–Crippen MR) is 110 cm³/mol. The Morgan fingerprint density at radius 3 is 2.60 bits per heavy atom. The SMILES string of the molecule is Cc1ccc(C)c(OC(C)c2nnc(SCC(C)C(=O)c3ccc(F)c(F)c3)o2)c1. The zero-order valence-corrected chi connectivity index (χ0v) is 17.9. The molecule has 0 spiro atoms. The van der Waals surface area contributed by atoms with E-state index in [1.807, 2.05) is 39.0 Å². The van der Waals surface area contributed by atoms with Gasteiger partial charge in [-0.15, -0.1) is 10.2 Å². The molecule has 2 atom stereocenters. The fourth-order valence-electron chi connectivity index (χ4n) is 2.72. The van der Waals surface area contributed by atoms with Gasteiger partial charge in [-0.2, -0.15) is 0 Å². The van der Waals surface area contributed by atoms with E-state index < -0.39 is 23.7 Å². The van der Waals surface area contributed by atoms with Crippen LogP contribution in [0.1, 0.15) is 47.3 Å². The van der Waals surface area contributed by atoms with Crippen LogP contribution in [0.25, 0.3) is 0 Å². The third-order valence-corrected chi connectivity index (χ3v) is 5.60. The average Bonchev–Trinajstić information content (AvgIpc) is 3.19. The van der Waals surface area contributed by atoms with Crippen LogP contribution in [-0.4, -0.2) is 21.7 Å². The molecule has 3 rings (SSSR count). The van der Waals surface area contributed by atoms with Gasteiger partial charge >= 0.3 is 0 Å². The quantitative estimate of drug-likeness (QED) is 0.335. The molecule has 0 bridgehead atoms. The number of carbonyl (C=O) groups excluding carboxylic acids is 1. The lowest BCUT2D eigenvalue weighted by Gasteiger charge is -2.13. The van der Waals surface area contributed by atoms with Crippen molar-refractivity contribution in [1.29, 1.82) is 0 Å². The van der Waals surface area contributed by atoms with Crippen molar-refractivity contribution in [3.8, 4) is 5.75 Å². The summed E-state index contributed by atoms with van der Waals surface area (Å²) < 4.78 is 38.0. The molecule has 0 amide bonds. The Morgan fingerprint density at radius 2 is 1.87 bits per heavy atom. The Hall–Kier alpha value is -2.74. The highest BCUT2D eigenvalue weighted by molar-refractivity contribution is 7.99. The minimum Gasteiger partial charge on any atom is -0.481 e. The lowest BCUT2D eigenvalue weighted by molar-refractivity contribution is 0.0941. The third-order valence-electron chi connectivity index (χ3n) is 4.53. The molecule has 0 aliphatic carbocycles. The lowest BCUT2D eigenvalue weighted by atomic mass is 10.0. The molecule has 2 unspecified atom stereocenters. The van der Waals surface area contributed by atoms with Crippen LogP contribution in [0.5, 0.6) is 5.75 Å². The van der Waals surface area contributed by atoms with Crippen molar-refractivity contribution in [2.75, 3.05) is 5.75 Å². The lowest BCUT2D eigenvalue weighted by Crippen LogP contribution is -2.14. The van der Waals surface area contributed by atoms with Gasteiger partial charge in [0.2, 0.25) is 0 Å². The first kappa shape index (κ1) is 22.0. The maximum Gasteiger partial charge on any atom is 0.276 e. The normalized spacial score (nSPS) is 13.1. The minimum absolute atomic E-state index is 0.128. The van der Waals surface area contributed by atoms with Gasteiger partial charge in [0.25, 0.3) is 11.1 Å². The molecule has 2 aromatic carbocycles. The van der Waals surface area contributed by atoms with Crippen molar-refractivity contribution in [2.45, 2.75) is 39.0 Å². The number of hydrogen-bond donors (Lipinski definition) is 0. The minimum atomic E-state index is -1.04. The van der Waals surface area contributed by atoms with Gasteiger partial charge in [-0.25, -0.2) is 8.78 Å². The van der Waals surface area contributed by atoms with Gasteiger partial charge in [-0.05, 0) is 56.2 Å². The largest absolute Gasteiger partial charge is 0.481 e. The predicted octanol–water partition coefficient (Wildman–Crippen LogP) is 5.72. The number of rotatable bonds is 8. The van der Waals surface area contributed by atoms with Crippen LogP contribution in [0.2, 0.25) is 0 Å². The standard InChI is InChI=1S/C22H22F2N2O3S/c1-12-5-6-13(2)19(9-12)28-15(4)21-25-26-22(29-21)30-11-14(3)20(27)16-7-8-17(23)18(24)10-16/h5-10,14-15H,11H2,1-4H3. The van der Waals surface area contributed by atoms with E-state index in [0.29, 0.717) is 16.9 Å². The Kier molecular flexibility index (Phi) is 6.87. The van der Waals surface area contributed by atoms with Crippen molar-refractivity contribution in [3.63, 3.8) is 0 Å². The maximum absolute atomic E-state index is 13.4. The van der Waals surface area contributed by atoms with E-state index in [2.05, 4.69) is 10.2 Å². The van der Waals surface area contributed by atoms with Crippen molar-refractivity contribution >= 4 is 17.5 Å². The first-order chi connectivity index (χ1) is 14.2. The summed E-state index contributed by atoms with van der Waals surface area (Å²) in [5, 5.41) is 8.33. The number of aromatic nitrogens is 2. The number of ketones is 1. The highest BCUT2D eigenvalue weighted by Gasteiger charge is 2.20. The Bertz CT molecular complexity index is 1050. The highest BCUT2D eigenvalue weighted by Crippen LogP contribution is 2.28. The number of aryl methyl sites for hydroxylation is 2. The van der Waals surface area contributed by atoms with Crippen LogP contribution in [0.15, 0.2) is 46.0 Å². The van der Waals surface area contributed by atoms with Gasteiger partial charge in [-0.3, -0.25) is 4.79 Å². The second-order valence-electron chi connectivity index (χ2n) is 7.14. The van der Waals surface area contributed by atoms with Gasteiger partial charge in [0.15, 0.2) is 23.5 Å². The van der Waals surface area contributed by atoms with Crippen molar-refractivity contribution in [1.82, 2.24) is 10.2 Å². The zero-order valence-electron chi connectivity index (χ0n) is 17.1. The van der Waals surface area contributed by atoms with Gasteiger partial charge in [0.1, 0.15) is 5.75 Å². The molecule has 1 heterocycles. The van der Waals surface area contributed by atoms with Gasteiger partial charge < -0.3 is 9.15 Å². The van der Waals surface area contributed by atoms with Crippen molar-refractivity contribution in [3.05, 3.63) is 70.6 Å². The number of ether oxygens (including phenoxy) is 1. The number of halogens is 2. The summed E-state index contributed by atoms with van der Waals surface area (Å²) in [5.74, 6) is -1.32. The molecule has 3 aromatic rings. The van der Waals surface area contributed by atoms with E-state index in [0.717, 1.165) is 29.0 Å². The summed E-state index contributed by atoms with van der Waals surface area (Å²) in [6.45, 7) is 7.47. The molecule has 0 aliphatic rings. The van der Waals surface area contributed by atoms with E-state index in [1.54, 1.807) is 6.92 Å². The second kappa shape index (κ2) is 9.38. The molecular weight excluding hydrogens is 410 g/mol. The van der Waals surface area contributed by atoms with Gasteiger partial charge in [0.05, 0.1) is 0 Å². The number of Topliss-reactive ketones (excluding diaryl/α,β-unsaturated/α-hetero) is 1. The number of carbonyl (C=O) groups is 1. The highest BCUT2D eigenvalue weighted by atomic mass is 32.2. The van der Waals surface area contributed by atoms with Crippen molar-refractivity contribution in [2.24, 2.45) is 5.92 Å². The third kappa shape index (κ3) is 5.24. The maximum atomic E-state index is 13.4. The molecule has 0 N–H and O–H groups in total. The van der Waals surface area contributed by atoms with Crippen LogP contribution in [0, 0.1) is 31.4 Å². The van der Waals surface area contributed by atoms with Gasteiger partial charge in [-0.1, -0.05) is 30.8 Å². The number of hydrogen-bond acceptors (Lipinski definition) is 6. The molecule has 30 heavy (non-hydrogen) atoms. The van der Waals surface area contributed by atoms with E-state index in [4.69, 9.17) is 9.15 Å². The van der Waals surface area contributed by atoms with Crippen LogP contribution >= 0.6 is 11.8 Å². The Balaban J connectivity index is 1.58. The fraction of sp³-hybridized carbons (Fsp3) is 0.318. The average molecular weight is 432 g/mol. The number of benzene rings is 2. The van der Waals surface area contributed by atoms with Crippen LogP contribution in [0.3, 0.4) is 0 Å². The summed E-state index contributed by atoms with van der Waals surface area (Å²) in [6, 6.07) is 9.08. The number of thioether (sulfide) groups is 1. The molecule has 0 fully saturated rings. The van der Waals surface area contributed by atoms with E-state index in [9.17, 15) is 13.6 Å². The molecule has 8 heteroatoms. The molecule has 5 nitrogen and oxygen atoms in total. The molecule has 0 aliphatic heterocycles. The summed E-state index contributed by atoms with van der Waals surface area (Å²) >= 11 is 1.22. The van der Waals surface area contributed by atoms with E-state index in [1.165, 1.54) is 17.8 Å². The molecule has 0 saturated carbocycles. The summed E-state index contributed by atoms with van der Waals surface area (Å²) in [5.41, 5.74) is 2.22. The van der Waals surface area contributed by atoms with Crippen LogP contribution < -0.4 is 4.74 Å². The zero-order chi connectivity index (χ0) is 21.8. The molecule has 0 saturated heterocycles. The molecule has 1 aromatic heterocycles. The van der Waals surface area contributed by atoms with Crippen molar-refractivity contribution < 1.29 is 22.7 Å². The second-order valence-corrected chi connectivity index (χ2v) is 8.11.